The van der Waals surface area contributed by atoms with Crippen molar-refractivity contribution >= 4 is 23.4 Å². The van der Waals surface area contributed by atoms with Gasteiger partial charge in [0.15, 0.2) is 0 Å². The van der Waals surface area contributed by atoms with Crippen molar-refractivity contribution in [1.82, 2.24) is 0 Å². The van der Waals surface area contributed by atoms with E-state index in [2.05, 4.69) is 0 Å². The summed E-state index contributed by atoms with van der Waals surface area (Å²) in [6, 6.07) is 4.71. The third kappa shape index (κ3) is 4.05. The van der Waals surface area contributed by atoms with Crippen molar-refractivity contribution in [2.75, 3.05) is 11.9 Å². The number of nitro benzene ring substituents is 1. The van der Waals surface area contributed by atoms with Gasteiger partial charge in [-0.2, -0.15) is 0 Å². The minimum atomic E-state index is -1.09. The molecule has 0 aliphatic rings. The second-order valence-corrected chi connectivity index (χ2v) is 5.40. The first kappa shape index (κ1) is 16.7. The third-order valence-corrected chi connectivity index (χ3v) is 3.75. The van der Waals surface area contributed by atoms with Crippen LogP contribution in [0.25, 0.3) is 6.08 Å². The van der Waals surface area contributed by atoms with Gasteiger partial charge < -0.3 is 10.0 Å². The summed E-state index contributed by atoms with van der Waals surface area (Å²) >= 11 is 0. The lowest BCUT2D eigenvalue weighted by Crippen LogP contribution is -2.40. The van der Waals surface area contributed by atoms with Crippen LogP contribution in [-0.4, -0.2) is 28.6 Å². The van der Waals surface area contributed by atoms with Crippen LogP contribution in [0.5, 0.6) is 0 Å². The molecule has 0 fully saturated rings. The molecule has 0 amide bonds. The van der Waals surface area contributed by atoms with Crippen molar-refractivity contribution in [3.63, 3.8) is 0 Å². The highest BCUT2D eigenvalue weighted by atomic mass is 16.6. The van der Waals surface area contributed by atoms with E-state index in [4.69, 9.17) is 5.11 Å². The SMILES string of the molecule is CCC(C)(C)N(C)c1ccc(C=CC(=O)O)cc1[N+](=O)[O-]. The first-order valence-electron chi connectivity index (χ1n) is 6.62. The summed E-state index contributed by atoms with van der Waals surface area (Å²) < 4.78 is 0. The van der Waals surface area contributed by atoms with Crippen molar-refractivity contribution in [2.45, 2.75) is 32.7 Å². The van der Waals surface area contributed by atoms with Gasteiger partial charge in [-0.25, -0.2) is 4.79 Å². The van der Waals surface area contributed by atoms with Crippen LogP contribution in [0.1, 0.15) is 32.8 Å². The van der Waals surface area contributed by atoms with E-state index in [9.17, 15) is 14.9 Å². The van der Waals surface area contributed by atoms with E-state index in [-0.39, 0.29) is 11.2 Å². The second kappa shape index (κ2) is 6.39. The molecule has 0 bridgehead atoms. The smallest absolute Gasteiger partial charge is 0.328 e. The zero-order chi connectivity index (χ0) is 16.2. The third-order valence-electron chi connectivity index (χ3n) is 3.75. The van der Waals surface area contributed by atoms with Gasteiger partial charge in [0.25, 0.3) is 5.69 Å². The molecule has 6 nitrogen and oxygen atoms in total. The van der Waals surface area contributed by atoms with Crippen molar-refractivity contribution in [2.24, 2.45) is 0 Å². The molecule has 0 heterocycles. The van der Waals surface area contributed by atoms with Crippen LogP contribution in [0.2, 0.25) is 0 Å². The minimum Gasteiger partial charge on any atom is -0.478 e. The molecule has 0 aliphatic carbocycles. The molecule has 0 radical (unpaired) electrons. The lowest BCUT2D eigenvalue weighted by Gasteiger charge is -2.36. The van der Waals surface area contributed by atoms with Crippen LogP contribution in [0, 0.1) is 10.1 Å². The second-order valence-electron chi connectivity index (χ2n) is 5.40. The van der Waals surface area contributed by atoms with Crippen molar-refractivity contribution in [3.05, 3.63) is 40.0 Å². The number of nitrogens with zero attached hydrogens (tertiary/aromatic N) is 2. The molecular formula is C15H20N2O4. The number of nitro groups is 1. The Hall–Kier alpha value is -2.37. The van der Waals surface area contributed by atoms with Gasteiger partial charge in [-0.05, 0) is 38.0 Å². The number of anilines is 1. The number of aliphatic carboxylic acids is 1. The number of carbonyl (C=O) groups is 1. The van der Waals surface area contributed by atoms with Crippen molar-refractivity contribution in [1.29, 1.82) is 0 Å². The Kier molecular flexibility index (Phi) is 5.07. The van der Waals surface area contributed by atoms with Crippen LogP contribution in [-0.2, 0) is 4.79 Å². The van der Waals surface area contributed by atoms with E-state index in [1.807, 2.05) is 32.7 Å². The Labute approximate surface area is 123 Å². The summed E-state index contributed by atoms with van der Waals surface area (Å²) in [6.45, 7) is 6.04. The maximum Gasteiger partial charge on any atom is 0.328 e. The summed E-state index contributed by atoms with van der Waals surface area (Å²) in [5.41, 5.74) is 0.741. The molecule has 1 rings (SSSR count). The van der Waals surface area contributed by atoms with Gasteiger partial charge in [0.2, 0.25) is 0 Å². The number of hydrogen-bond donors (Lipinski definition) is 1. The number of carboxylic acids is 1. The molecule has 0 spiro atoms. The lowest BCUT2D eigenvalue weighted by molar-refractivity contribution is -0.384. The highest BCUT2D eigenvalue weighted by Gasteiger charge is 2.27. The lowest BCUT2D eigenvalue weighted by atomic mass is 9.98. The molecule has 0 saturated carbocycles. The monoisotopic (exact) mass is 292 g/mol. The summed E-state index contributed by atoms with van der Waals surface area (Å²) in [7, 11) is 1.82. The average Bonchev–Trinajstić information content (AvgIpc) is 2.43. The largest absolute Gasteiger partial charge is 0.478 e. The molecule has 1 aromatic carbocycles. The molecule has 0 atom stereocenters. The van der Waals surface area contributed by atoms with Gasteiger partial charge in [-0.3, -0.25) is 10.1 Å². The summed E-state index contributed by atoms with van der Waals surface area (Å²) in [4.78, 5) is 23.2. The number of rotatable bonds is 6. The van der Waals surface area contributed by atoms with E-state index in [1.165, 1.54) is 12.1 Å². The minimum absolute atomic E-state index is 0.0356. The zero-order valence-corrected chi connectivity index (χ0v) is 12.7. The standard InChI is InChI=1S/C15H20N2O4/c1-5-15(2,3)16(4)12-8-6-11(7-9-14(18)19)10-13(12)17(20)21/h6-10H,5H2,1-4H3,(H,18,19). The quantitative estimate of drug-likeness (QED) is 0.494. The molecule has 0 aromatic heterocycles. The molecule has 1 aromatic rings. The highest BCUT2D eigenvalue weighted by molar-refractivity contribution is 5.85. The molecule has 6 heteroatoms. The first-order valence-corrected chi connectivity index (χ1v) is 6.62. The van der Waals surface area contributed by atoms with E-state index < -0.39 is 10.9 Å². The number of carboxylic acid groups (broad SMARTS) is 1. The van der Waals surface area contributed by atoms with Gasteiger partial charge in [-0.1, -0.05) is 13.0 Å². The zero-order valence-electron chi connectivity index (χ0n) is 12.7. The summed E-state index contributed by atoms with van der Waals surface area (Å²) in [5.74, 6) is -1.09. The highest BCUT2D eigenvalue weighted by Crippen LogP contribution is 2.33. The molecule has 21 heavy (non-hydrogen) atoms. The normalized spacial score (nSPS) is 11.6. The molecular weight excluding hydrogens is 272 g/mol. The summed E-state index contributed by atoms with van der Waals surface area (Å²) in [5, 5.41) is 19.9. The van der Waals surface area contributed by atoms with Gasteiger partial charge in [-0.15, -0.1) is 0 Å². The Bertz CT molecular complexity index is 579. The van der Waals surface area contributed by atoms with Crippen LogP contribution >= 0.6 is 0 Å². The molecule has 0 aliphatic heterocycles. The topological polar surface area (TPSA) is 83.7 Å². The van der Waals surface area contributed by atoms with Gasteiger partial charge in [0, 0.05) is 24.7 Å². The fourth-order valence-corrected chi connectivity index (χ4v) is 1.80. The Morgan fingerprint density at radius 1 is 1.48 bits per heavy atom. The van der Waals surface area contributed by atoms with Crippen LogP contribution in [0.4, 0.5) is 11.4 Å². The van der Waals surface area contributed by atoms with E-state index in [0.29, 0.717) is 11.3 Å². The Morgan fingerprint density at radius 2 is 2.10 bits per heavy atom. The first-order chi connectivity index (χ1) is 9.69. The van der Waals surface area contributed by atoms with Crippen LogP contribution < -0.4 is 4.90 Å². The maximum absolute atomic E-state index is 11.3. The van der Waals surface area contributed by atoms with Gasteiger partial charge >= 0.3 is 5.97 Å². The fraction of sp³-hybridized carbons (Fsp3) is 0.400. The maximum atomic E-state index is 11.3. The Balaban J connectivity index is 3.29. The number of benzene rings is 1. The van der Waals surface area contributed by atoms with Gasteiger partial charge in [0.1, 0.15) is 5.69 Å². The average molecular weight is 292 g/mol. The molecule has 114 valence electrons. The van der Waals surface area contributed by atoms with Gasteiger partial charge in [0.05, 0.1) is 4.92 Å². The van der Waals surface area contributed by atoms with Crippen molar-refractivity contribution < 1.29 is 14.8 Å². The molecule has 0 unspecified atom stereocenters. The van der Waals surface area contributed by atoms with E-state index >= 15 is 0 Å². The molecule has 1 N–H and O–H groups in total. The summed E-state index contributed by atoms with van der Waals surface area (Å²) in [6.07, 6.45) is 3.13. The number of hydrogen-bond acceptors (Lipinski definition) is 4. The molecule has 0 saturated heterocycles. The van der Waals surface area contributed by atoms with Crippen LogP contribution in [0.15, 0.2) is 24.3 Å². The van der Waals surface area contributed by atoms with Crippen molar-refractivity contribution in [3.8, 4) is 0 Å². The van der Waals surface area contributed by atoms with Crippen LogP contribution in [0.3, 0.4) is 0 Å². The van der Waals surface area contributed by atoms with E-state index in [1.54, 1.807) is 12.1 Å². The van der Waals surface area contributed by atoms with E-state index in [0.717, 1.165) is 12.5 Å². The predicted molar refractivity (Wildman–Crippen MR) is 82.5 cm³/mol. The predicted octanol–water partition coefficient (Wildman–Crippen LogP) is 3.32. The fourth-order valence-electron chi connectivity index (χ4n) is 1.80. The Morgan fingerprint density at radius 3 is 2.57 bits per heavy atom.